The van der Waals surface area contributed by atoms with E-state index in [9.17, 15) is 0 Å². The number of nitrogens with zero attached hydrogens (tertiary/aromatic N) is 2. The zero-order valence-electron chi connectivity index (χ0n) is 31.3. The summed E-state index contributed by atoms with van der Waals surface area (Å²) >= 11 is 4.36. The Morgan fingerprint density at radius 1 is 0.436 bits per heavy atom. The Morgan fingerprint density at radius 2 is 0.745 bits per heavy atom. The first-order chi connectivity index (χ1) is 27.6. The Bertz CT molecular complexity index is 2910. The van der Waals surface area contributed by atoms with Crippen LogP contribution in [0.3, 0.4) is 0 Å². The van der Waals surface area contributed by atoms with Crippen LogP contribution < -0.4 is 0 Å². The summed E-state index contributed by atoms with van der Waals surface area (Å²) in [4.78, 5) is 0. The van der Waals surface area contributed by atoms with Crippen molar-refractivity contribution in [3.05, 3.63) is 204 Å². The molecule has 0 saturated carbocycles. The van der Waals surface area contributed by atoms with Crippen molar-refractivity contribution < 1.29 is 0 Å². The van der Waals surface area contributed by atoms with E-state index in [1.807, 2.05) is 0 Å². The minimum absolute atomic E-state index is 0.176. The maximum Gasteiger partial charge on any atom is 0.0725 e. The molecule has 0 unspecified atom stereocenters. The van der Waals surface area contributed by atoms with Gasteiger partial charge in [0.05, 0.1) is 27.5 Å². The molecule has 2 aliphatic rings. The quantitative estimate of drug-likeness (QED) is 0.165. The Balaban J connectivity index is 0.000000686. The average Bonchev–Trinajstić information content (AvgIpc) is 3.96. The summed E-state index contributed by atoms with van der Waals surface area (Å²) in [6.07, 6.45) is 0. The van der Waals surface area contributed by atoms with Gasteiger partial charge in [0.15, 0.2) is 0 Å². The molecule has 2 aromatic heterocycles. The molecule has 8 aromatic carbocycles. The first-order valence-electron chi connectivity index (χ1n) is 19.5. The second-order valence-electron chi connectivity index (χ2n) is 14.5. The van der Waals surface area contributed by atoms with E-state index in [1.54, 1.807) is 6.82 Å². The molecule has 10 aromatic rings. The van der Waals surface area contributed by atoms with Gasteiger partial charge in [-0.25, -0.2) is 0 Å². The number of benzene rings is 8. The fraction of sp³-hybridized carbons (Fsp3) is 0.0400. The number of hydrogen-bond donors (Lipinski definition) is 0. The van der Waals surface area contributed by atoms with Gasteiger partial charge in [-0.2, -0.15) is 0 Å². The van der Waals surface area contributed by atoms with Crippen molar-refractivity contribution in [1.29, 1.82) is 1.34 Å². The van der Waals surface area contributed by atoms with Crippen LogP contribution in [-0.2, 0) is 5.41 Å². The normalized spacial score (nSPS) is 13.2. The van der Waals surface area contributed by atoms with E-state index in [2.05, 4.69) is 203 Å². The molecule has 5 heteroatoms. The summed E-state index contributed by atoms with van der Waals surface area (Å²) in [5.41, 5.74) is 17.5. The molecule has 55 heavy (non-hydrogen) atoms. The maximum atomic E-state index is 6.67. The van der Waals surface area contributed by atoms with E-state index in [4.69, 9.17) is 1.34 Å². The van der Waals surface area contributed by atoms with Gasteiger partial charge in [0.2, 0.25) is 0 Å². The van der Waals surface area contributed by atoms with E-state index in [-0.39, 0.29) is 7.13 Å². The Labute approximate surface area is 328 Å². The van der Waals surface area contributed by atoms with Crippen molar-refractivity contribution in [1.82, 2.24) is 9.13 Å². The molecule has 0 N–H and O–H groups in total. The second-order valence-corrected chi connectivity index (χ2v) is 14.8. The third kappa shape index (κ3) is 4.39. The molecule has 0 saturated heterocycles. The molecule has 2 heterocycles. The molecule has 256 valence electrons. The van der Waals surface area contributed by atoms with Crippen LogP contribution in [0.15, 0.2) is 182 Å². The zero-order valence-corrected chi connectivity index (χ0v) is 31.1. The van der Waals surface area contributed by atoms with Gasteiger partial charge in [-0.3, -0.25) is 0 Å². The van der Waals surface area contributed by atoms with E-state index >= 15 is 0 Å². The molecular formula is C50H34B2N2S. The first kappa shape index (κ1) is 31.1. The fourth-order valence-corrected chi connectivity index (χ4v) is 9.80. The number of para-hydroxylation sites is 4. The van der Waals surface area contributed by atoms with Crippen LogP contribution in [0, 0.1) is 0 Å². The van der Waals surface area contributed by atoms with Crippen molar-refractivity contribution in [2.75, 3.05) is 0 Å². The largest absolute Gasteiger partial charge is 0.309 e. The van der Waals surface area contributed by atoms with Crippen molar-refractivity contribution in [3.63, 3.8) is 0 Å². The van der Waals surface area contributed by atoms with Crippen LogP contribution in [0.25, 0.3) is 77.2 Å². The summed E-state index contributed by atoms with van der Waals surface area (Å²) in [7, 11) is -0.176. The van der Waals surface area contributed by atoms with Gasteiger partial charge in [-0.15, -0.1) is 0 Å². The third-order valence-electron chi connectivity index (χ3n) is 11.9. The van der Waals surface area contributed by atoms with Crippen LogP contribution >= 0.6 is 12.1 Å². The van der Waals surface area contributed by atoms with Gasteiger partial charge < -0.3 is 9.13 Å². The molecule has 0 fully saturated rings. The molecule has 0 bridgehead atoms. The number of aromatic nitrogens is 2. The molecule has 0 aliphatic heterocycles. The minimum Gasteiger partial charge on any atom is -0.309 e. The Kier molecular flexibility index (Phi) is 7.00. The molecule has 2 nitrogen and oxygen atoms in total. The summed E-state index contributed by atoms with van der Waals surface area (Å²) in [6.45, 7) is 1.73. The van der Waals surface area contributed by atoms with E-state index in [0.717, 1.165) is 0 Å². The summed E-state index contributed by atoms with van der Waals surface area (Å²) in [5, 5.41) is 5.10. The predicted molar refractivity (Wildman–Crippen MR) is 238 cm³/mol. The first-order valence-corrected chi connectivity index (χ1v) is 19.4. The summed E-state index contributed by atoms with van der Waals surface area (Å²) < 4.78 is 11.6. The maximum absolute atomic E-state index is 6.67. The summed E-state index contributed by atoms with van der Waals surface area (Å²) in [6, 6.07) is 69.2. The van der Waals surface area contributed by atoms with E-state index in [0.29, 0.717) is 0 Å². The van der Waals surface area contributed by atoms with Gasteiger partial charge in [-0.05, 0) is 93.0 Å². The topological polar surface area (TPSA) is 9.86 Å². The van der Waals surface area contributed by atoms with Gasteiger partial charge in [-0.1, -0.05) is 133 Å². The Morgan fingerprint density at radius 3 is 1.11 bits per heavy atom. The SMILES string of the molecule is [2H]B(C)B=S.c1ccc2c(c1)-c1ccccc1C21c2ccc(-n3c4ccccc4c4ccccc43)cc2-c2cc(-n3c4ccccc4c4ccccc43)ccc21. The molecule has 0 atom stereocenters. The van der Waals surface area contributed by atoms with Crippen molar-refractivity contribution in [2.24, 2.45) is 0 Å². The zero-order chi connectivity index (χ0) is 37.5. The van der Waals surface area contributed by atoms with Crippen LogP contribution in [0.2, 0.25) is 6.82 Å². The molecular weight excluding hydrogens is 682 g/mol. The second kappa shape index (κ2) is 12.4. The van der Waals surface area contributed by atoms with Gasteiger partial charge in [0, 0.05) is 32.9 Å². The molecule has 1 spiro atoms. The minimum atomic E-state index is -0.406. The van der Waals surface area contributed by atoms with Gasteiger partial charge in [0.25, 0.3) is 0 Å². The summed E-state index contributed by atoms with van der Waals surface area (Å²) in [5.74, 6) is 0. The predicted octanol–water partition coefficient (Wildman–Crippen LogP) is 12.4. The van der Waals surface area contributed by atoms with Crippen molar-refractivity contribution in [3.8, 4) is 33.6 Å². The molecule has 0 amide bonds. The standard InChI is InChI=1S/C49H30N2.CH4B2S/c1-7-19-41-33(13-1)34-14-2-8-20-42(34)49(41)43-27-25-31(50-45-21-9-3-15-35(45)36-16-4-10-22-46(36)50)29-39(43)40-30-32(26-28-44(40)49)51-47-23-11-5-17-37(47)38-18-6-12-24-48(38)51;1-2-3-4/h1-30H;2H,1H3/i;2D. The molecule has 0 radical (unpaired) electrons. The van der Waals surface area contributed by atoms with Gasteiger partial charge >= 0.3 is 33.4 Å². The molecule has 12 rings (SSSR count). The van der Waals surface area contributed by atoms with Gasteiger partial charge in [0.1, 0.15) is 0 Å². The number of rotatable bonds is 3. The van der Waals surface area contributed by atoms with Crippen LogP contribution in [0.5, 0.6) is 0 Å². The monoisotopic (exact) mass is 717 g/mol. The average molecular weight is 718 g/mol. The number of fused-ring (bicyclic) bond motifs is 16. The van der Waals surface area contributed by atoms with Crippen LogP contribution in [0.1, 0.15) is 22.3 Å². The Hall–Kier alpha value is -6.29. The van der Waals surface area contributed by atoms with Crippen LogP contribution in [-0.4, -0.2) is 23.6 Å². The van der Waals surface area contributed by atoms with Crippen molar-refractivity contribution >= 4 is 68.8 Å². The fourth-order valence-electron chi connectivity index (χ4n) is 9.80. The smallest absolute Gasteiger partial charge is 0.0725 e. The molecule has 2 aliphatic carbocycles. The van der Waals surface area contributed by atoms with Crippen LogP contribution in [0.4, 0.5) is 0 Å². The van der Waals surface area contributed by atoms with E-state index < -0.39 is 5.41 Å². The third-order valence-corrected chi connectivity index (χ3v) is 12.1. The number of hydrogen-bond acceptors (Lipinski definition) is 1. The van der Waals surface area contributed by atoms with Crippen molar-refractivity contribution in [2.45, 2.75) is 12.2 Å². The van der Waals surface area contributed by atoms with E-state index in [1.165, 1.54) is 106 Å².